The number of hydrogen-bond donors (Lipinski definition) is 0. The Labute approximate surface area is 282 Å². The monoisotopic (exact) mass is 613 g/mol. The maximum atomic E-state index is 2.42. The molecular formula is C47H35N. The van der Waals surface area contributed by atoms with E-state index in [0.717, 1.165) is 17.1 Å². The lowest BCUT2D eigenvalue weighted by Gasteiger charge is -2.28. The Bertz CT molecular complexity index is 2460. The molecule has 0 saturated carbocycles. The number of nitrogens with zero attached hydrogens (tertiary/aromatic N) is 1. The first-order valence-electron chi connectivity index (χ1n) is 16.8. The molecule has 0 spiro atoms. The molecule has 0 fully saturated rings. The van der Waals surface area contributed by atoms with Crippen LogP contribution in [0.1, 0.15) is 25.0 Å². The molecule has 0 heterocycles. The minimum atomic E-state index is -0.104. The van der Waals surface area contributed by atoms with Gasteiger partial charge in [0.25, 0.3) is 0 Å². The van der Waals surface area contributed by atoms with Crippen molar-refractivity contribution in [2.75, 3.05) is 4.90 Å². The quantitative estimate of drug-likeness (QED) is 0.187. The number of fused-ring (bicyclic) bond motifs is 6. The van der Waals surface area contributed by atoms with Crippen molar-refractivity contribution < 1.29 is 0 Å². The fourth-order valence-corrected chi connectivity index (χ4v) is 8.02. The zero-order chi connectivity index (χ0) is 32.2. The summed E-state index contributed by atoms with van der Waals surface area (Å²) in [6.45, 7) is 4.77. The van der Waals surface area contributed by atoms with E-state index in [-0.39, 0.29) is 5.41 Å². The summed E-state index contributed by atoms with van der Waals surface area (Å²) in [4.78, 5) is 2.39. The highest BCUT2D eigenvalue weighted by atomic mass is 15.1. The molecule has 0 amide bonds. The van der Waals surface area contributed by atoms with Crippen molar-refractivity contribution in [3.8, 4) is 33.4 Å². The van der Waals surface area contributed by atoms with Crippen molar-refractivity contribution >= 4 is 38.6 Å². The molecule has 8 aromatic rings. The Morgan fingerprint density at radius 3 is 1.77 bits per heavy atom. The molecule has 48 heavy (non-hydrogen) atoms. The van der Waals surface area contributed by atoms with Crippen LogP contribution in [-0.2, 0) is 5.41 Å². The number of para-hydroxylation sites is 1. The highest BCUT2D eigenvalue weighted by molar-refractivity contribution is 6.12. The van der Waals surface area contributed by atoms with Gasteiger partial charge in [-0.15, -0.1) is 0 Å². The molecule has 8 aromatic carbocycles. The van der Waals surface area contributed by atoms with E-state index in [0.29, 0.717) is 0 Å². The first-order valence-corrected chi connectivity index (χ1v) is 16.8. The Morgan fingerprint density at radius 1 is 0.417 bits per heavy atom. The van der Waals surface area contributed by atoms with E-state index in [4.69, 9.17) is 0 Å². The van der Waals surface area contributed by atoms with Crippen molar-refractivity contribution in [1.82, 2.24) is 0 Å². The predicted octanol–water partition coefficient (Wildman–Crippen LogP) is 13.1. The van der Waals surface area contributed by atoms with Crippen LogP contribution in [-0.4, -0.2) is 0 Å². The summed E-state index contributed by atoms with van der Waals surface area (Å²) >= 11 is 0. The Kier molecular flexibility index (Phi) is 6.55. The fourth-order valence-electron chi connectivity index (χ4n) is 8.02. The van der Waals surface area contributed by atoms with Crippen LogP contribution in [0.15, 0.2) is 176 Å². The van der Waals surface area contributed by atoms with Gasteiger partial charge in [-0.2, -0.15) is 0 Å². The van der Waals surface area contributed by atoms with Crippen LogP contribution in [0, 0.1) is 0 Å². The zero-order valence-electron chi connectivity index (χ0n) is 27.2. The highest BCUT2D eigenvalue weighted by Gasteiger charge is 2.38. The van der Waals surface area contributed by atoms with Gasteiger partial charge in [-0.05, 0) is 97.1 Å². The van der Waals surface area contributed by atoms with E-state index >= 15 is 0 Å². The lowest BCUT2D eigenvalue weighted by molar-refractivity contribution is 0.666. The number of hydrogen-bond acceptors (Lipinski definition) is 1. The van der Waals surface area contributed by atoms with Crippen molar-refractivity contribution in [2.45, 2.75) is 19.3 Å². The topological polar surface area (TPSA) is 3.24 Å². The second kappa shape index (κ2) is 11.1. The Morgan fingerprint density at radius 2 is 1.00 bits per heavy atom. The highest BCUT2D eigenvalue weighted by Crippen LogP contribution is 2.55. The molecule has 0 bridgehead atoms. The van der Waals surface area contributed by atoms with E-state index < -0.39 is 0 Å². The summed E-state index contributed by atoms with van der Waals surface area (Å²) in [6.07, 6.45) is 0. The molecule has 0 saturated heterocycles. The zero-order valence-corrected chi connectivity index (χ0v) is 27.2. The van der Waals surface area contributed by atoms with Gasteiger partial charge >= 0.3 is 0 Å². The number of anilines is 3. The predicted molar refractivity (Wildman–Crippen MR) is 205 cm³/mol. The van der Waals surface area contributed by atoms with E-state index in [1.165, 1.54) is 66.1 Å². The van der Waals surface area contributed by atoms with Crippen LogP contribution in [0.5, 0.6) is 0 Å². The molecule has 1 heteroatoms. The van der Waals surface area contributed by atoms with Gasteiger partial charge in [0.15, 0.2) is 0 Å². The van der Waals surface area contributed by atoms with E-state index in [2.05, 4.69) is 195 Å². The summed E-state index contributed by atoms with van der Waals surface area (Å²) in [6, 6.07) is 64.2. The Balaban J connectivity index is 1.28. The third-order valence-corrected chi connectivity index (χ3v) is 10.2. The standard InChI is InChI=1S/C47H35N/c1-47(2)43-24-14-13-23-41(43)45-42(31-34-17-9-10-20-37(34)46(45)47)39-29-30-44(40-22-12-11-21-38(39)40)48(35-18-7-4-8-19-35)36-27-25-33(26-28-36)32-15-5-3-6-16-32/h3-31H,1-2H3. The molecule has 0 atom stereocenters. The van der Waals surface area contributed by atoms with Crippen LogP contribution in [0.2, 0.25) is 0 Å². The van der Waals surface area contributed by atoms with Gasteiger partial charge in [0.1, 0.15) is 0 Å². The summed E-state index contributed by atoms with van der Waals surface area (Å²) in [7, 11) is 0. The van der Waals surface area contributed by atoms with Gasteiger partial charge in [0, 0.05) is 22.2 Å². The van der Waals surface area contributed by atoms with E-state index in [9.17, 15) is 0 Å². The third-order valence-electron chi connectivity index (χ3n) is 10.2. The van der Waals surface area contributed by atoms with Gasteiger partial charge in [-0.3, -0.25) is 0 Å². The van der Waals surface area contributed by atoms with Gasteiger partial charge in [-0.1, -0.05) is 153 Å². The molecular weight excluding hydrogens is 579 g/mol. The molecule has 1 aliphatic rings. The smallest absolute Gasteiger partial charge is 0.0540 e. The number of rotatable bonds is 5. The average Bonchev–Trinajstić information content (AvgIpc) is 3.39. The SMILES string of the molecule is CC1(C)c2ccccc2-c2c(-c3ccc(N(c4ccccc4)c4ccc(-c5ccccc5)cc4)c4ccccc34)cc3ccccc3c21. The van der Waals surface area contributed by atoms with Crippen molar-refractivity contribution in [2.24, 2.45) is 0 Å². The first-order chi connectivity index (χ1) is 23.6. The average molecular weight is 614 g/mol. The van der Waals surface area contributed by atoms with Crippen LogP contribution >= 0.6 is 0 Å². The van der Waals surface area contributed by atoms with Crippen molar-refractivity contribution in [3.63, 3.8) is 0 Å². The lowest BCUT2D eigenvalue weighted by atomic mass is 9.79. The molecule has 1 nitrogen and oxygen atoms in total. The third kappa shape index (κ3) is 4.39. The molecule has 0 N–H and O–H groups in total. The summed E-state index contributed by atoms with van der Waals surface area (Å²) < 4.78 is 0. The summed E-state index contributed by atoms with van der Waals surface area (Å²) in [5.41, 5.74) is 13.8. The second-order valence-corrected chi connectivity index (χ2v) is 13.3. The van der Waals surface area contributed by atoms with Crippen LogP contribution < -0.4 is 4.90 Å². The van der Waals surface area contributed by atoms with Gasteiger partial charge in [0.05, 0.1) is 5.69 Å². The van der Waals surface area contributed by atoms with E-state index in [1.807, 2.05) is 0 Å². The largest absolute Gasteiger partial charge is 0.310 e. The van der Waals surface area contributed by atoms with Gasteiger partial charge < -0.3 is 4.90 Å². The van der Waals surface area contributed by atoms with Crippen molar-refractivity contribution in [1.29, 1.82) is 0 Å². The normalized spacial score (nSPS) is 13.0. The maximum Gasteiger partial charge on any atom is 0.0540 e. The molecule has 1 aliphatic carbocycles. The lowest BCUT2D eigenvalue weighted by Crippen LogP contribution is -2.15. The molecule has 228 valence electrons. The minimum Gasteiger partial charge on any atom is -0.310 e. The second-order valence-electron chi connectivity index (χ2n) is 13.3. The molecule has 0 aromatic heterocycles. The first kappa shape index (κ1) is 28.3. The fraction of sp³-hybridized carbons (Fsp3) is 0.0638. The van der Waals surface area contributed by atoms with Crippen molar-refractivity contribution in [3.05, 3.63) is 187 Å². The van der Waals surface area contributed by atoms with Gasteiger partial charge in [-0.25, -0.2) is 0 Å². The summed E-state index contributed by atoms with van der Waals surface area (Å²) in [5, 5.41) is 5.09. The molecule has 9 rings (SSSR count). The minimum absolute atomic E-state index is 0.104. The Hall–Kier alpha value is -5.92. The van der Waals surface area contributed by atoms with Gasteiger partial charge in [0.2, 0.25) is 0 Å². The van der Waals surface area contributed by atoms with Crippen LogP contribution in [0.3, 0.4) is 0 Å². The van der Waals surface area contributed by atoms with Crippen LogP contribution in [0.25, 0.3) is 54.9 Å². The maximum absolute atomic E-state index is 2.42. The molecule has 0 radical (unpaired) electrons. The number of benzene rings is 8. The summed E-state index contributed by atoms with van der Waals surface area (Å²) in [5.74, 6) is 0. The molecule has 0 unspecified atom stereocenters. The van der Waals surface area contributed by atoms with Crippen LogP contribution in [0.4, 0.5) is 17.1 Å². The molecule has 0 aliphatic heterocycles. The van der Waals surface area contributed by atoms with E-state index in [1.54, 1.807) is 0 Å².